The Bertz CT molecular complexity index is 869. The molecule has 5 heteroatoms. The molecule has 0 saturated carbocycles. The number of thiocarbonyl (C=S) groups is 1. The molecule has 1 atom stereocenters. The average Bonchev–Trinajstić information content (AvgIpc) is 2.80. The second-order valence-electron chi connectivity index (χ2n) is 8.45. The number of aryl methyl sites for hydroxylation is 1. The molecule has 0 unspecified atom stereocenters. The normalized spacial score (nSPS) is 14.0. The monoisotopic (exact) mass is 439 g/mol. The summed E-state index contributed by atoms with van der Waals surface area (Å²) >= 11 is 5.83. The van der Waals surface area contributed by atoms with Gasteiger partial charge in [0.2, 0.25) is 0 Å². The average molecular weight is 440 g/mol. The maximum Gasteiger partial charge on any atom is 0.173 e. The minimum absolute atomic E-state index is 0.350. The van der Waals surface area contributed by atoms with Gasteiger partial charge >= 0.3 is 0 Å². The molecule has 2 aromatic rings. The van der Waals surface area contributed by atoms with E-state index in [0.29, 0.717) is 6.04 Å². The zero-order valence-electron chi connectivity index (χ0n) is 19.5. The van der Waals surface area contributed by atoms with Crippen LogP contribution in [0.4, 0.5) is 11.4 Å². The van der Waals surface area contributed by atoms with Crippen molar-refractivity contribution in [2.45, 2.75) is 65.5 Å². The van der Waals surface area contributed by atoms with Crippen molar-refractivity contribution < 1.29 is 4.74 Å². The van der Waals surface area contributed by atoms with Gasteiger partial charge in [0.05, 0.1) is 7.11 Å². The number of nitrogens with zero attached hydrogens (tertiary/aromatic N) is 2. The van der Waals surface area contributed by atoms with E-state index in [1.54, 1.807) is 7.11 Å². The highest BCUT2D eigenvalue weighted by molar-refractivity contribution is 7.80. The largest absolute Gasteiger partial charge is 0.497 e. The lowest BCUT2D eigenvalue weighted by Crippen LogP contribution is -2.40. The van der Waals surface area contributed by atoms with E-state index in [-0.39, 0.29) is 0 Å². The summed E-state index contributed by atoms with van der Waals surface area (Å²) < 4.78 is 5.35. The van der Waals surface area contributed by atoms with E-state index in [1.165, 1.54) is 49.0 Å². The van der Waals surface area contributed by atoms with Crippen LogP contribution in [-0.4, -0.2) is 36.3 Å². The minimum atomic E-state index is 0.350. The fourth-order valence-corrected chi connectivity index (χ4v) is 4.51. The van der Waals surface area contributed by atoms with Crippen LogP contribution in [0, 0.1) is 0 Å². The molecule has 0 spiro atoms. The first kappa shape index (κ1) is 23.4. The highest BCUT2D eigenvalue weighted by Crippen LogP contribution is 2.29. The molecule has 0 aliphatic carbocycles. The molecule has 0 aromatic heterocycles. The Morgan fingerprint density at radius 2 is 2.06 bits per heavy atom. The van der Waals surface area contributed by atoms with Gasteiger partial charge in [0.15, 0.2) is 5.11 Å². The van der Waals surface area contributed by atoms with Gasteiger partial charge in [-0.05, 0) is 74.2 Å². The molecule has 1 aliphatic rings. The van der Waals surface area contributed by atoms with Crippen LogP contribution >= 0.6 is 12.2 Å². The quantitative estimate of drug-likeness (QED) is 0.467. The maximum atomic E-state index is 5.83. The number of rotatable bonds is 9. The molecular formula is C26H37N3OS. The SMILES string of the molecule is CCCCN1CCCc2cc(CN(C(=S)Nc3cccc(OC)c3)[C@H](C)CC)ccc21. The standard InChI is InChI=1S/C26H37N3OS/c1-5-7-15-28-16-9-10-22-17-21(13-14-25(22)28)19-29(20(3)6-2)26(31)27-23-11-8-12-24(18-23)30-4/h8,11-14,17-18,20H,5-7,9-10,15-16,19H2,1-4H3,(H,27,31)/t20-/m1/s1. The van der Waals surface area contributed by atoms with E-state index >= 15 is 0 Å². The lowest BCUT2D eigenvalue weighted by molar-refractivity contribution is 0.319. The Kier molecular flexibility index (Phi) is 8.59. The third-order valence-corrected chi connectivity index (χ3v) is 6.53. The molecule has 31 heavy (non-hydrogen) atoms. The van der Waals surface area contributed by atoms with Gasteiger partial charge in [-0.25, -0.2) is 0 Å². The minimum Gasteiger partial charge on any atom is -0.497 e. The summed E-state index contributed by atoms with van der Waals surface area (Å²) in [6.45, 7) is 9.87. The second kappa shape index (κ2) is 11.4. The van der Waals surface area contributed by atoms with Gasteiger partial charge in [0.1, 0.15) is 5.75 Å². The Morgan fingerprint density at radius 3 is 2.81 bits per heavy atom. The molecule has 0 radical (unpaired) electrons. The van der Waals surface area contributed by atoms with Gasteiger partial charge in [-0.2, -0.15) is 0 Å². The number of nitrogens with one attached hydrogen (secondary N) is 1. The van der Waals surface area contributed by atoms with Crippen molar-refractivity contribution in [1.82, 2.24) is 4.90 Å². The number of fused-ring (bicyclic) bond motifs is 1. The second-order valence-corrected chi connectivity index (χ2v) is 8.84. The van der Waals surface area contributed by atoms with Crippen LogP contribution in [0.2, 0.25) is 0 Å². The zero-order chi connectivity index (χ0) is 22.2. The van der Waals surface area contributed by atoms with Gasteiger partial charge in [-0.1, -0.05) is 38.5 Å². The van der Waals surface area contributed by atoms with E-state index in [4.69, 9.17) is 17.0 Å². The van der Waals surface area contributed by atoms with Crippen LogP contribution in [0.5, 0.6) is 5.75 Å². The molecule has 1 N–H and O–H groups in total. The Morgan fingerprint density at radius 1 is 1.23 bits per heavy atom. The fraction of sp³-hybridized carbons (Fsp3) is 0.500. The highest BCUT2D eigenvalue weighted by atomic mass is 32.1. The molecule has 1 aliphatic heterocycles. The van der Waals surface area contributed by atoms with Crippen molar-refractivity contribution in [3.63, 3.8) is 0 Å². The van der Waals surface area contributed by atoms with Crippen molar-refractivity contribution >= 4 is 28.7 Å². The molecule has 2 aromatic carbocycles. The summed E-state index contributed by atoms with van der Waals surface area (Å²) in [7, 11) is 1.68. The van der Waals surface area contributed by atoms with Gasteiger partial charge in [0, 0.05) is 43.1 Å². The number of methoxy groups -OCH3 is 1. The van der Waals surface area contributed by atoms with E-state index in [1.807, 2.05) is 24.3 Å². The van der Waals surface area contributed by atoms with Crippen molar-refractivity contribution in [3.05, 3.63) is 53.6 Å². The van der Waals surface area contributed by atoms with Crippen molar-refractivity contribution in [2.75, 3.05) is 30.4 Å². The van der Waals surface area contributed by atoms with Gasteiger partial charge in [0.25, 0.3) is 0 Å². The van der Waals surface area contributed by atoms with Gasteiger partial charge < -0.3 is 19.9 Å². The molecule has 0 bridgehead atoms. The number of benzene rings is 2. The van der Waals surface area contributed by atoms with Crippen LogP contribution < -0.4 is 15.0 Å². The smallest absolute Gasteiger partial charge is 0.173 e. The molecule has 0 saturated heterocycles. The van der Waals surface area contributed by atoms with Crippen LogP contribution in [0.25, 0.3) is 0 Å². The van der Waals surface area contributed by atoms with Crippen LogP contribution in [0.3, 0.4) is 0 Å². The van der Waals surface area contributed by atoms with Crippen molar-refractivity contribution in [3.8, 4) is 5.75 Å². The zero-order valence-corrected chi connectivity index (χ0v) is 20.3. The summed E-state index contributed by atoms with van der Waals surface area (Å²) in [5.74, 6) is 0.824. The summed E-state index contributed by atoms with van der Waals surface area (Å²) in [5.41, 5.74) is 5.19. The summed E-state index contributed by atoms with van der Waals surface area (Å²) in [6, 6.07) is 15.3. The van der Waals surface area contributed by atoms with E-state index in [9.17, 15) is 0 Å². The predicted octanol–water partition coefficient (Wildman–Crippen LogP) is 6.25. The molecule has 168 valence electrons. The number of anilines is 2. The third kappa shape index (κ3) is 6.13. The predicted molar refractivity (Wildman–Crippen MR) is 136 cm³/mol. The Balaban J connectivity index is 1.75. The Hall–Kier alpha value is -2.27. The first-order chi connectivity index (χ1) is 15.0. The fourth-order valence-electron chi connectivity index (χ4n) is 4.15. The third-order valence-electron chi connectivity index (χ3n) is 6.20. The topological polar surface area (TPSA) is 27.7 Å². The van der Waals surface area contributed by atoms with E-state index in [0.717, 1.165) is 36.1 Å². The number of unbranched alkanes of at least 4 members (excludes halogenated alkanes) is 1. The molecular weight excluding hydrogens is 402 g/mol. The molecule has 1 heterocycles. The lowest BCUT2D eigenvalue weighted by Gasteiger charge is -2.34. The van der Waals surface area contributed by atoms with Crippen molar-refractivity contribution in [1.29, 1.82) is 0 Å². The van der Waals surface area contributed by atoms with Crippen LogP contribution in [0.15, 0.2) is 42.5 Å². The summed E-state index contributed by atoms with van der Waals surface area (Å²) in [5, 5.41) is 4.17. The summed E-state index contributed by atoms with van der Waals surface area (Å²) in [4.78, 5) is 4.86. The van der Waals surface area contributed by atoms with Crippen molar-refractivity contribution in [2.24, 2.45) is 0 Å². The Labute approximate surface area is 193 Å². The summed E-state index contributed by atoms with van der Waals surface area (Å²) in [6.07, 6.45) is 5.95. The number of hydrogen-bond donors (Lipinski definition) is 1. The lowest BCUT2D eigenvalue weighted by atomic mass is 9.98. The first-order valence-electron chi connectivity index (χ1n) is 11.6. The maximum absolute atomic E-state index is 5.83. The van der Waals surface area contributed by atoms with Gasteiger partial charge in [-0.3, -0.25) is 0 Å². The molecule has 0 amide bonds. The van der Waals surface area contributed by atoms with E-state index in [2.05, 4.69) is 54.1 Å². The highest BCUT2D eigenvalue weighted by Gasteiger charge is 2.20. The molecule has 4 nitrogen and oxygen atoms in total. The molecule has 0 fully saturated rings. The van der Waals surface area contributed by atoms with E-state index < -0.39 is 0 Å². The number of hydrogen-bond acceptors (Lipinski definition) is 3. The first-order valence-corrected chi connectivity index (χ1v) is 12.0. The van der Waals surface area contributed by atoms with Crippen LogP contribution in [0.1, 0.15) is 57.6 Å². The van der Waals surface area contributed by atoms with Crippen LogP contribution in [-0.2, 0) is 13.0 Å². The number of ether oxygens (including phenoxy) is 1. The molecule has 3 rings (SSSR count). The van der Waals surface area contributed by atoms with Gasteiger partial charge in [-0.15, -0.1) is 0 Å².